The van der Waals surface area contributed by atoms with E-state index < -0.39 is 10.0 Å². The van der Waals surface area contributed by atoms with Crippen molar-refractivity contribution in [3.63, 3.8) is 0 Å². The van der Waals surface area contributed by atoms with Crippen LogP contribution in [0.15, 0.2) is 54.7 Å². The van der Waals surface area contributed by atoms with Gasteiger partial charge in [0.05, 0.1) is 17.5 Å². The van der Waals surface area contributed by atoms with Crippen LogP contribution in [0.3, 0.4) is 0 Å². The predicted octanol–water partition coefficient (Wildman–Crippen LogP) is 4.89. The number of benzene rings is 2. The van der Waals surface area contributed by atoms with Gasteiger partial charge in [-0.1, -0.05) is 63.2 Å². The molecule has 138 valence electrons. The maximum Gasteiger partial charge on any atom is 0.229 e. The fraction of sp³-hybridized carbons (Fsp3) is 0.333. The molecule has 0 aliphatic carbocycles. The average molecular weight is 371 g/mol. The summed E-state index contributed by atoms with van der Waals surface area (Å²) in [5.41, 5.74) is 3.67. The standard InChI is InChI=1S/C21H26N2O2S/c1-15(2)13-21(3,16-9-6-5-7-10-16)18-14-22-20-17(18)11-8-12-19(20)23-26(4,24)25/h5-12,14-15,22-23H,13H2,1-4H3. The van der Waals surface area contributed by atoms with Gasteiger partial charge in [-0.2, -0.15) is 0 Å². The minimum Gasteiger partial charge on any atom is -0.359 e. The number of H-pyrrole nitrogens is 1. The van der Waals surface area contributed by atoms with E-state index in [9.17, 15) is 8.42 Å². The molecule has 1 unspecified atom stereocenters. The van der Waals surface area contributed by atoms with Crippen LogP contribution in [-0.2, 0) is 15.4 Å². The number of aromatic nitrogens is 1. The third-order valence-electron chi connectivity index (χ3n) is 4.83. The molecule has 4 nitrogen and oxygen atoms in total. The smallest absolute Gasteiger partial charge is 0.229 e. The van der Waals surface area contributed by atoms with E-state index in [4.69, 9.17) is 0 Å². The third-order valence-corrected chi connectivity index (χ3v) is 5.42. The van der Waals surface area contributed by atoms with Gasteiger partial charge in [0.2, 0.25) is 10.0 Å². The minimum absolute atomic E-state index is 0.169. The molecule has 0 radical (unpaired) electrons. The van der Waals surface area contributed by atoms with Crippen LogP contribution in [0.1, 0.15) is 38.3 Å². The quantitative estimate of drug-likeness (QED) is 0.649. The molecule has 3 aromatic rings. The van der Waals surface area contributed by atoms with Crippen molar-refractivity contribution in [1.82, 2.24) is 4.98 Å². The Labute approximate surface area is 155 Å². The first-order chi connectivity index (χ1) is 12.2. The van der Waals surface area contributed by atoms with Gasteiger partial charge < -0.3 is 4.98 Å². The lowest BCUT2D eigenvalue weighted by molar-refractivity contribution is 0.430. The van der Waals surface area contributed by atoms with Crippen LogP contribution in [0.25, 0.3) is 10.9 Å². The fourth-order valence-electron chi connectivity index (χ4n) is 3.90. The second-order valence-electron chi connectivity index (χ2n) is 7.60. The molecule has 0 amide bonds. The zero-order chi connectivity index (χ0) is 18.9. The number of nitrogens with one attached hydrogen (secondary N) is 2. The molecule has 2 aromatic carbocycles. The summed E-state index contributed by atoms with van der Waals surface area (Å²) < 4.78 is 26.0. The Kier molecular flexibility index (Phi) is 4.84. The van der Waals surface area contributed by atoms with Crippen LogP contribution in [0.4, 0.5) is 5.69 Å². The molecule has 5 heteroatoms. The monoisotopic (exact) mass is 370 g/mol. The van der Waals surface area contributed by atoms with Crippen LogP contribution in [-0.4, -0.2) is 19.7 Å². The van der Waals surface area contributed by atoms with Crippen molar-refractivity contribution in [2.24, 2.45) is 5.92 Å². The third kappa shape index (κ3) is 3.63. The Hall–Kier alpha value is -2.27. The summed E-state index contributed by atoms with van der Waals surface area (Å²) in [6.45, 7) is 6.72. The Morgan fingerprint density at radius 1 is 1.08 bits per heavy atom. The summed E-state index contributed by atoms with van der Waals surface area (Å²) in [5, 5.41) is 1.05. The van der Waals surface area contributed by atoms with Gasteiger partial charge in [0.25, 0.3) is 0 Å². The van der Waals surface area contributed by atoms with Crippen LogP contribution >= 0.6 is 0 Å². The summed E-state index contributed by atoms with van der Waals surface area (Å²) in [6, 6.07) is 16.2. The Morgan fingerprint density at radius 3 is 2.38 bits per heavy atom. The van der Waals surface area contributed by atoms with E-state index in [-0.39, 0.29) is 5.41 Å². The second-order valence-corrected chi connectivity index (χ2v) is 9.35. The number of rotatable bonds is 6. The molecular formula is C21H26N2O2S. The van der Waals surface area contributed by atoms with E-state index >= 15 is 0 Å². The van der Waals surface area contributed by atoms with E-state index in [1.54, 1.807) is 6.07 Å². The van der Waals surface area contributed by atoms with Gasteiger partial charge in [0.15, 0.2) is 0 Å². The summed E-state index contributed by atoms with van der Waals surface area (Å²) in [7, 11) is -3.34. The number of aromatic amines is 1. The van der Waals surface area contributed by atoms with E-state index in [0.717, 1.165) is 17.3 Å². The normalized spacial score (nSPS) is 14.5. The topological polar surface area (TPSA) is 62.0 Å². The number of fused-ring (bicyclic) bond motifs is 1. The molecular weight excluding hydrogens is 344 g/mol. The van der Waals surface area contributed by atoms with Crippen molar-refractivity contribution in [2.75, 3.05) is 11.0 Å². The Balaban J connectivity index is 2.20. The van der Waals surface area contributed by atoms with Crippen molar-refractivity contribution < 1.29 is 8.42 Å². The lowest BCUT2D eigenvalue weighted by atomic mass is 9.71. The van der Waals surface area contributed by atoms with E-state index in [2.05, 4.69) is 60.8 Å². The predicted molar refractivity (Wildman–Crippen MR) is 109 cm³/mol. The van der Waals surface area contributed by atoms with Crippen LogP contribution in [0, 0.1) is 5.92 Å². The number of para-hydroxylation sites is 1. The molecule has 1 aromatic heterocycles. The zero-order valence-corrected chi connectivity index (χ0v) is 16.5. The van der Waals surface area contributed by atoms with Gasteiger partial charge in [-0.05, 0) is 29.5 Å². The van der Waals surface area contributed by atoms with Crippen molar-refractivity contribution in [3.8, 4) is 0 Å². The van der Waals surface area contributed by atoms with Crippen LogP contribution in [0.2, 0.25) is 0 Å². The first-order valence-corrected chi connectivity index (χ1v) is 10.7. The number of hydrogen-bond acceptors (Lipinski definition) is 2. The summed E-state index contributed by atoms with van der Waals surface area (Å²) in [4.78, 5) is 3.30. The van der Waals surface area contributed by atoms with Crippen LogP contribution in [0.5, 0.6) is 0 Å². The van der Waals surface area contributed by atoms with E-state index in [1.165, 1.54) is 17.4 Å². The van der Waals surface area contributed by atoms with Crippen LogP contribution < -0.4 is 4.72 Å². The Bertz CT molecular complexity index is 1010. The number of sulfonamides is 1. The van der Waals surface area contributed by atoms with E-state index in [1.807, 2.05) is 18.3 Å². The highest BCUT2D eigenvalue weighted by Gasteiger charge is 2.32. The molecule has 0 spiro atoms. The molecule has 1 heterocycles. The lowest BCUT2D eigenvalue weighted by Crippen LogP contribution is -2.25. The highest BCUT2D eigenvalue weighted by molar-refractivity contribution is 7.92. The molecule has 3 rings (SSSR count). The first kappa shape index (κ1) is 18.5. The molecule has 0 saturated heterocycles. The van der Waals surface area contributed by atoms with Gasteiger partial charge >= 0.3 is 0 Å². The lowest BCUT2D eigenvalue weighted by Gasteiger charge is -2.32. The van der Waals surface area contributed by atoms with Crippen molar-refractivity contribution >= 4 is 26.6 Å². The minimum atomic E-state index is -3.34. The Morgan fingerprint density at radius 2 is 1.77 bits per heavy atom. The molecule has 2 N–H and O–H groups in total. The first-order valence-electron chi connectivity index (χ1n) is 8.84. The summed E-state index contributed by atoms with van der Waals surface area (Å²) >= 11 is 0. The fourth-order valence-corrected chi connectivity index (χ4v) is 4.47. The second kappa shape index (κ2) is 6.80. The van der Waals surface area contributed by atoms with Gasteiger partial charge in [-0.25, -0.2) is 8.42 Å². The number of anilines is 1. The molecule has 26 heavy (non-hydrogen) atoms. The van der Waals surface area contributed by atoms with Gasteiger partial charge in [0, 0.05) is 17.0 Å². The highest BCUT2D eigenvalue weighted by Crippen LogP contribution is 2.42. The van der Waals surface area contributed by atoms with Gasteiger partial charge in [-0.3, -0.25) is 4.72 Å². The van der Waals surface area contributed by atoms with Crippen molar-refractivity contribution in [2.45, 2.75) is 32.6 Å². The van der Waals surface area contributed by atoms with Gasteiger partial charge in [0.1, 0.15) is 0 Å². The zero-order valence-electron chi connectivity index (χ0n) is 15.7. The molecule has 0 aliphatic heterocycles. The molecule has 0 bridgehead atoms. The average Bonchev–Trinajstić information content (AvgIpc) is 2.99. The molecule has 0 saturated carbocycles. The molecule has 0 aliphatic rings. The van der Waals surface area contributed by atoms with Gasteiger partial charge in [-0.15, -0.1) is 0 Å². The largest absolute Gasteiger partial charge is 0.359 e. The molecule has 1 atom stereocenters. The number of hydrogen-bond donors (Lipinski definition) is 2. The highest BCUT2D eigenvalue weighted by atomic mass is 32.2. The summed E-state index contributed by atoms with van der Waals surface area (Å²) in [6.07, 6.45) is 4.18. The maximum absolute atomic E-state index is 11.7. The van der Waals surface area contributed by atoms with E-state index in [0.29, 0.717) is 11.6 Å². The summed E-state index contributed by atoms with van der Waals surface area (Å²) in [5.74, 6) is 0.516. The maximum atomic E-state index is 11.7. The molecule has 0 fully saturated rings. The SMILES string of the molecule is CC(C)CC(C)(c1ccccc1)c1c[nH]c2c(NS(C)(=O)=O)cccc12. The van der Waals surface area contributed by atoms with Crippen molar-refractivity contribution in [1.29, 1.82) is 0 Å². The van der Waals surface area contributed by atoms with Crippen molar-refractivity contribution in [3.05, 3.63) is 65.9 Å².